The maximum atomic E-state index is 12.4. The molecular formula is C14H10F2N2O2. The molecule has 2 aromatic carbocycles. The normalized spacial score (nSPS) is 11.2. The lowest BCUT2D eigenvalue weighted by Gasteiger charge is -2.08. The highest BCUT2D eigenvalue weighted by Gasteiger charge is 2.13. The van der Waals surface area contributed by atoms with E-state index >= 15 is 0 Å². The van der Waals surface area contributed by atoms with Crippen LogP contribution in [0.1, 0.15) is 0 Å². The van der Waals surface area contributed by atoms with Gasteiger partial charge in [0.1, 0.15) is 17.3 Å². The van der Waals surface area contributed by atoms with E-state index in [4.69, 9.17) is 0 Å². The van der Waals surface area contributed by atoms with Gasteiger partial charge in [0.05, 0.1) is 16.6 Å². The van der Waals surface area contributed by atoms with Crippen LogP contribution in [-0.4, -0.2) is 21.7 Å². The minimum atomic E-state index is -2.90. The second-order valence-corrected chi connectivity index (χ2v) is 4.16. The van der Waals surface area contributed by atoms with Gasteiger partial charge in [-0.25, -0.2) is 4.98 Å². The summed E-state index contributed by atoms with van der Waals surface area (Å²) in [5.41, 5.74) is 1.68. The summed E-state index contributed by atoms with van der Waals surface area (Å²) in [5, 5.41) is 9.41. The molecule has 0 saturated heterocycles. The number of H-pyrrole nitrogens is 1. The molecule has 0 aliphatic rings. The van der Waals surface area contributed by atoms with Crippen molar-refractivity contribution >= 4 is 11.0 Å². The number of benzene rings is 2. The van der Waals surface area contributed by atoms with Crippen molar-refractivity contribution in [2.24, 2.45) is 0 Å². The van der Waals surface area contributed by atoms with Crippen molar-refractivity contribution in [2.75, 3.05) is 0 Å². The Balaban J connectivity index is 2.10. The van der Waals surface area contributed by atoms with E-state index in [1.54, 1.807) is 24.3 Å². The van der Waals surface area contributed by atoms with Gasteiger partial charge in [0.25, 0.3) is 0 Å². The van der Waals surface area contributed by atoms with Gasteiger partial charge in [0.15, 0.2) is 0 Å². The summed E-state index contributed by atoms with van der Waals surface area (Å²) in [7, 11) is 0. The molecule has 3 rings (SSSR count). The minimum Gasteiger partial charge on any atom is -0.508 e. The molecule has 1 heterocycles. The van der Waals surface area contributed by atoms with Crippen molar-refractivity contribution in [3.8, 4) is 22.9 Å². The average Bonchev–Trinajstić information content (AvgIpc) is 2.81. The second kappa shape index (κ2) is 4.80. The van der Waals surface area contributed by atoms with Gasteiger partial charge in [-0.1, -0.05) is 12.1 Å². The number of rotatable bonds is 3. The van der Waals surface area contributed by atoms with Gasteiger partial charge in [-0.2, -0.15) is 8.78 Å². The molecule has 102 valence electrons. The molecule has 0 radical (unpaired) electrons. The summed E-state index contributed by atoms with van der Waals surface area (Å²) >= 11 is 0. The van der Waals surface area contributed by atoms with Crippen LogP contribution in [0.2, 0.25) is 0 Å². The van der Waals surface area contributed by atoms with Crippen molar-refractivity contribution in [3.63, 3.8) is 0 Å². The third kappa shape index (κ3) is 2.27. The number of ether oxygens (including phenoxy) is 1. The molecule has 0 bridgehead atoms. The Bertz CT molecular complexity index is 756. The van der Waals surface area contributed by atoms with Crippen LogP contribution in [0.4, 0.5) is 8.78 Å². The van der Waals surface area contributed by atoms with Crippen LogP contribution < -0.4 is 4.74 Å². The smallest absolute Gasteiger partial charge is 0.387 e. The molecule has 1 aromatic heterocycles. The first kappa shape index (κ1) is 12.4. The number of hydrogen-bond acceptors (Lipinski definition) is 3. The first-order valence-electron chi connectivity index (χ1n) is 5.86. The zero-order chi connectivity index (χ0) is 14.1. The van der Waals surface area contributed by atoms with Gasteiger partial charge in [0.2, 0.25) is 0 Å². The van der Waals surface area contributed by atoms with Gasteiger partial charge < -0.3 is 14.8 Å². The maximum Gasteiger partial charge on any atom is 0.387 e. The summed E-state index contributed by atoms with van der Waals surface area (Å²) in [6.07, 6.45) is 0. The fraction of sp³-hybridized carbons (Fsp3) is 0.0714. The van der Waals surface area contributed by atoms with Gasteiger partial charge in [-0.05, 0) is 24.3 Å². The lowest BCUT2D eigenvalue weighted by molar-refractivity contribution is -0.0494. The number of aromatic hydroxyl groups is 1. The highest BCUT2D eigenvalue weighted by atomic mass is 19.3. The van der Waals surface area contributed by atoms with Crippen LogP contribution in [0.5, 0.6) is 11.5 Å². The first-order valence-corrected chi connectivity index (χ1v) is 5.86. The summed E-state index contributed by atoms with van der Waals surface area (Å²) in [6.45, 7) is -2.90. The molecule has 2 N–H and O–H groups in total. The monoisotopic (exact) mass is 276 g/mol. The van der Waals surface area contributed by atoms with E-state index < -0.39 is 6.61 Å². The van der Waals surface area contributed by atoms with Crippen LogP contribution in [0.3, 0.4) is 0 Å². The number of imidazole rings is 1. The highest BCUT2D eigenvalue weighted by molar-refractivity contribution is 5.81. The zero-order valence-corrected chi connectivity index (χ0v) is 10.2. The second-order valence-electron chi connectivity index (χ2n) is 4.16. The summed E-state index contributed by atoms with van der Waals surface area (Å²) < 4.78 is 29.3. The van der Waals surface area contributed by atoms with Gasteiger partial charge >= 0.3 is 6.61 Å². The summed E-state index contributed by atoms with van der Waals surface area (Å²) in [4.78, 5) is 7.27. The number of hydrogen-bond donors (Lipinski definition) is 2. The van der Waals surface area contributed by atoms with E-state index in [1.165, 1.54) is 18.2 Å². The predicted octanol–water partition coefficient (Wildman–Crippen LogP) is 3.54. The van der Waals surface area contributed by atoms with E-state index in [9.17, 15) is 13.9 Å². The SMILES string of the molecule is Oc1ccc2nc(-c3ccccc3OC(F)F)[nH]c2c1. The third-order valence-electron chi connectivity index (χ3n) is 2.82. The van der Waals surface area contributed by atoms with Crippen molar-refractivity contribution in [2.45, 2.75) is 6.61 Å². The van der Waals surface area contributed by atoms with Crippen molar-refractivity contribution in [1.82, 2.24) is 9.97 Å². The molecule has 4 nitrogen and oxygen atoms in total. The van der Waals surface area contributed by atoms with E-state index in [2.05, 4.69) is 14.7 Å². The quantitative estimate of drug-likeness (QED) is 0.769. The largest absolute Gasteiger partial charge is 0.508 e. The number of aromatic amines is 1. The molecule has 0 amide bonds. The molecule has 20 heavy (non-hydrogen) atoms. The Morgan fingerprint density at radius 1 is 1.15 bits per heavy atom. The molecule has 0 atom stereocenters. The van der Waals surface area contributed by atoms with Crippen molar-refractivity contribution in [1.29, 1.82) is 0 Å². The van der Waals surface area contributed by atoms with Crippen LogP contribution >= 0.6 is 0 Å². The van der Waals surface area contributed by atoms with Gasteiger partial charge in [0, 0.05) is 6.07 Å². The first-order chi connectivity index (χ1) is 9.63. The van der Waals surface area contributed by atoms with E-state index in [0.29, 0.717) is 22.4 Å². The van der Waals surface area contributed by atoms with Crippen LogP contribution in [0.15, 0.2) is 42.5 Å². The van der Waals surface area contributed by atoms with E-state index in [1.807, 2.05) is 0 Å². The molecule has 0 aliphatic carbocycles. The molecular weight excluding hydrogens is 266 g/mol. The predicted molar refractivity (Wildman–Crippen MR) is 69.8 cm³/mol. The zero-order valence-electron chi connectivity index (χ0n) is 10.2. The van der Waals surface area contributed by atoms with E-state index in [-0.39, 0.29) is 11.5 Å². The maximum absolute atomic E-state index is 12.4. The number of aromatic nitrogens is 2. The molecule has 0 aliphatic heterocycles. The highest BCUT2D eigenvalue weighted by Crippen LogP contribution is 2.31. The number of fused-ring (bicyclic) bond motifs is 1. The number of phenols is 1. The van der Waals surface area contributed by atoms with Crippen LogP contribution in [0, 0.1) is 0 Å². The van der Waals surface area contributed by atoms with Crippen molar-refractivity contribution < 1.29 is 18.6 Å². The Hall–Kier alpha value is -2.63. The van der Waals surface area contributed by atoms with Gasteiger partial charge in [-0.15, -0.1) is 0 Å². The Morgan fingerprint density at radius 2 is 1.95 bits per heavy atom. The number of para-hydroxylation sites is 1. The summed E-state index contributed by atoms with van der Waals surface area (Å²) in [5.74, 6) is 0.553. The average molecular weight is 276 g/mol. The van der Waals surface area contributed by atoms with Gasteiger partial charge in [-0.3, -0.25) is 0 Å². The lowest BCUT2D eigenvalue weighted by Crippen LogP contribution is -2.03. The Kier molecular flexibility index (Phi) is 2.98. The fourth-order valence-corrected chi connectivity index (χ4v) is 1.99. The molecule has 6 heteroatoms. The fourth-order valence-electron chi connectivity index (χ4n) is 1.99. The topological polar surface area (TPSA) is 58.1 Å². The standard InChI is InChI=1S/C14H10F2N2O2/c15-14(16)20-12-4-2-1-3-9(12)13-17-10-6-5-8(19)7-11(10)18-13/h1-7,14,19H,(H,17,18). The lowest BCUT2D eigenvalue weighted by atomic mass is 10.2. The number of nitrogens with zero attached hydrogens (tertiary/aromatic N) is 1. The number of alkyl halides is 2. The van der Waals surface area contributed by atoms with E-state index in [0.717, 1.165) is 0 Å². The molecule has 0 saturated carbocycles. The number of nitrogens with one attached hydrogen (secondary N) is 1. The van der Waals surface area contributed by atoms with Crippen LogP contribution in [-0.2, 0) is 0 Å². The molecule has 3 aromatic rings. The number of phenolic OH excluding ortho intramolecular Hbond substituents is 1. The molecule has 0 unspecified atom stereocenters. The number of halogens is 2. The molecule has 0 spiro atoms. The summed E-state index contributed by atoms with van der Waals surface area (Å²) in [6, 6.07) is 11.1. The van der Waals surface area contributed by atoms with Crippen LogP contribution in [0.25, 0.3) is 22.4 Å². The molecule has 0 fully saturated rings. The third-order valence-corrected chi connectivity index (χ3v) is 2.82. The Morgan fingerprint density at radius 3 is 2.75 bits per heavy atom. The van der Waals surface area contributed by atoms with Crippen molar-refractivity contribution in [3.05, 3.63) is 42.5 Å². The Labute approximate surface area is 112 Å². The minimum absolute atomic E-state index is 0.0470.